The normalized spacial score (nSPS) is 11.2. The zero-order chi connectivity index (χ0) is 13.0. The minimum absolute atomic E-state index is 0.0952. The molecule has 0 bridgehead atoms. The van der Waals surface area contributed by atoms with Crippen LogP contribution in [-0.4, -0.2) is 13.4 Å². The van der Waals surface area contributed by atoms with Crippen molar-refractivity contribution in [1.29, 1.82) is 0 Å². The Bertz CT molecular complexity index is 630. The molecule has 0 amide bonds. The fraction of sp³-hybridized carbons (Fsp3) is 0.0833. The summed E-state index contributed by atoms with van der Waals surface area (Å²) >= 11 is 5.76. The molecule has 2 aromatic rings. The van der Waals surface area contributed by atoms with Gasteiger partial charge in [0.25, 0.3) is 0 Å². The maximum absolute atomic E-state index is 11.9. The van der Waals surface area contributed by atoms with E-state index < -0.39 is 10.0 Å². The Morgan fingerprint density at radius 2 is 1.89 bits per heavy atom. The largest absolute Gasteiger partial charge is 0.267 e. The van der Waals surface area contributed by atoms with Gasteiger partial charge >= 0.3 is 0 Å². The number of rotatable bonds is 4. The van der Waals surface area contributed by atoms with Crippen molar-refractivity contribution < 1.29 is 8.42 Å². The Hall–Kier alpha value is -1.59. The van der Waals surface area contributed by atoms with E-state index in [1.54, 1.807) is 30.3 Å². The van der Waals surface area contributed by atoms with Gasteiger partial charge in [0.1, 0.15) is 5.82 Å². The lowest BCUT2D eigenvalue weighted by molar-refractivity contribution is 0.600. The number of halogens is 1. The Morgan fingerprint density at radius 1 is 1.17 bits per heavy atom. The first-order valence-electron chi connectivity index (χ1n) is 5.21. The van der Waals surface area contributed by atoms with Crippen LogP contribution in [0.3, 0.4) is 0 Å². The summed E-state index contributed by atoms with van der Waals surface area (Å²) in [7, 11) is -3.48. The molecular weight excluding hydrogens is 272 g/mol. The van der Waals surface area contributed by atoms with Gasteiger partial charge in [0.2, 0.25) is 10.0 Å². The van der Waals surface area contributed by atoms with E-state index >= 15 is 0 Å². The summed E-state index contributed by atoms with van der Waals surface area (Å²) in [6, 6.07) is 12.0. The van der Waals surface area contributed by atoms with Crippen molar-refractivity contribution in [1.82, 2.24) is 4.98 Å². The third-order valence-electron chi connectivity index (χ3n) is 2.18. The van der Waals surface area contributed by atoms with E-state index in [2.05, 4.69) is 9.71 Å². The number of anilines is 1. The molecule has 1 aromatic heterocycles. The highest BCUT2D eigenvalue weighted by Crippen LogP contribution is 2.14. The molecule has 6 heteroatoms. The van der Waals surface area contributed by atoms with Gasteiger partial charge in [0.15, 0.2) is 0 Å². The van der Waals surface area contributed by atoms with E-state index in [0.717, 1.165) is 0 Å². The number of hydrogen-bond donors (Lipinski definition) is 1. The van der Waals surface area contributed by atoms with Crippen LogP contribution in [-0.2, 0) is 15.8 Å². The van der Waals surface area contributed by atoms with Crippen molar-refractivity contribution >= 4 is 27.4 Å². The third kappa shape index (κ3) is 3.72. The monoisotopic (exact) mass is 282 g/mol. The first-order valence-corrected chi connectivity index (χ1v) is 7.24. The maximum atomic E-state index is 11.9. The predicted molar refractivity (Wildman–Crippen MR) is 71.9 cm³/mol. The molecule has 0 atom stereocenters. The number of nitrogens with one attached hydrogen (secondary N) is 1. The molecule has 2 rings (SSSR count). The number of pyridine rings is 1. The van der Waals surface area contributed by atoms with Crippen molar-refractivity contribution in [3.8, 4) is 0 Å². The highest BCUT2D eigenvalue weighted by atomic mass is 35.5. The van der Waals surface area contributed by atoms with Crippen molar-refractivity contribution in [2.75, 3.05) is 4.72 Å². The summed E-state index contributed by atoms with van der Waals surface area (Å²) in [5.74, 6) is 0.126. The molecule has 0 aliphatic rings. The third-order valence-corrected chi connectivity index (χ3v) is 3.65. The van der Waals surface area contributed by atoms with Crippen molar-refractivity contribution in [3.63, 3.8) is 0 Å². The van der Waals surface area contributed by atoms with Crippen LogP contribution in [0.25, 0.3) is 0 Å². The smallest absolute Gasteiger partial charge is 0.238 e. The lowest BCUT2D eigenvalue weighted by Crippen LogP contribution is -2.15. The Kier molecular flexibility index (Phi) is 3.84. The number of aromatic nitrogens is 1. The summed E-state index contributed by atoms with van der Waals surface area (Å²) in [6.45, 7) is 0. The quantitative estimate of drug-likeness (QED) is 0.938. The van der Waals surface area contributed by atoms with Crippen LogP contribution in [0.5, 0.6) is 0 Å². The minimum atomic E-state index is -3.48. The molecule has 0 aliphatic heterocycles. The van der Waals surface area contributed by atoms with Crippen LogP contribution in [0.1, 0.15) is 5.56 Å². The van der Waals surface area contributed by atoms with Gasteiger partial charge in [-0.05, 0) is 11.6 Å². The van der Waals surface area contributed by atoms with Crippen molar-refractivity contribution in [2.45, 2.75) is 5.75 Å². The number of benzene rings is 1. The van der Waals surface area contributed by atoms with Crippen LogP contribution in [0, 0.1) is 0 Å². The topological polar surface area (TPSA) is 59.1 Å². The molecule has 1 aromatic carbocycles. The molecule has 1 N–H and O–H groups in total. The number of sulfonamides is 1. The highest BCUT2D eigenvalue weighted by molar-refractivity contribution is 7.91. The second kappa shape index (κ2) is 5.37. The molecule has 0 saturated carbocycles. The molecule has 18 heavy (non-hydrogen) atoms. The SMILES string of the molecule is O=S(=O)(Cc1ccccc1)Nc1cc(Cl)ccn1. The molecule has 4 nitrogen and oxygen atoms in total. The molecular formula is C12H11ClN2O2S. The van der Waals surface area contributed by atoms with Gasteiger partial charge in [0.05, 0.1) is 5.75 Å². The maximum Gasteiger partial charge on any atom is 0.238 e. The number of nitrogens with zero attached hydrogens (tertiary/aromatic N) is 1. The average molecular weight is 283 g/mol. The second-order valence-corrected chi connectivity index (χ2v) is 5.86. The first kappa shape index (κ1) is 12.9. The van der Waals surface area contributed by atoms with E-state index in [9.17, 15) is 8.42 Å². The van der Waals surface area contributed by atoms with E-state index in [1.807, 2.05) is 6.07 Å². The molecule has 1 heterocycles. The van der Waals surface area contributed by atoms with Crippen molar-refractivity contribution in [2.24, 2.45) is 0 Å². The molecule has 0 fully saturated rings. The molecule has 0 saturated heterocycles. The van der Waals surface area contributed by atoms with Crippen LogP contribution in [0.15, 0.2) is 48.7 Å². The summed E-state index contributed by atoms with van der Waals surface area (Å²) in [6.07, 6.45) is 1.45. The van der Waals surface area contributed by atoms with Gasteiger partial charge in [-0.2, -0.15) is 0 Å². The van der Waals surface area contributed by atoms with Crippen molar-refractivity contribution in [3.05, 3.63) is 59.2 Å². The lowest BCUT2D eigenvalue weighted by Gasteiger charge is -2.07. The Balaban J connectivity index is 2.13. The zero-order valence-electron chi connectivity index (χ0n) is 9.38. The standard InChI is InChI=1S/C12H11ClN2O2S/c13-11-6-7-14-12(8-11)15-18(16,17)9-10-4-2-1-3-5-10/h1-8H,9H2,(H,14,15). The predicted octanol–water partition coefficient (Wildman–Crippen LogP) is 2.68. The van der Waals surface area contributed by atoms with E-state index in [4.69, 9.17) is 11.6 Å². The van der Waals surface area contributed by atoms with Crippen LogP contribution in [0.4, 0.5) is 5.82 Å². The Morgan fingerprint density at radius 3 is 2.56 bits per heavy atom. The number of hydrogen-bond acceptors (Lipinski definition) is 3. The second-order valence-electron chi connectivity index (χ2n) is 3.71. The molecule has 94 valence electrons. The van der Waals surface area contributed by atoms with Gasteiger partial charge < -0.3 is 0 Å². The summed E-state index contributed by atoms with van der Waals surface area (Å²) in [5, 5.41) is 0.433. The fourth-order valence-corrected chi connectivity index (χ4v) is 2.74. The van der Waals surface area contributed by atoms with E-state index in [0.29, 0.717) is 10.6 Å². The minimum Gasteiger partial charge on any atom is -0.267 e. The fourth-order valence-electron chi connectivity index (χ4n) is 1.45. The Labute approximate surface area is 111 Å². The van der Waals surface area contributed by atoms with Gasteiger partial charge in [-0.15, -0.1) is 0 Å². The van der Waals surface area contributed by atoms with Gasteiger partial charge in [0, 0.05) is 17.3 Å². The van der Waals surface area contributed by atoms with Crippen LogP contribution >= 0.6 is 11.6 Å². The van der Waals surface area contributed by atoms with Gasteiger partial charge in [-0.1, -0.05) is 41.9 Å². The molecule has 0 aliphatic carbocycles. The highest BCUT2D eigenvalue weighted by Gasteiger charge is 2.12. The molecule has 0 radical (unpaired) electrons. The first-order chi connectivity index (χ1) is 8.55. The zero-order valence-corrected chi connectivity index (χ0v) is 10.9. The van der Waals surface area contributed by atoms with Gasteiger partial charge in [-0.25, -0.2) is 13.4 Å². The summed E-state index contributed by atoms with van der Waals surface area (Å²) in [5.41, 5.74) is 0.715. The van der Waals surface area contributed by atoms with E-state index in [-0.39, 0.29) is 11.6 Å². The summed E-state index contributed by atoms with van der Waals surface area (Å²) in [4.78, 5) is 3.89. The van der Waals surface area contributed by atoms with Gasteiger partial charge in [-0.3, -0.25) is 4.72 Å². The molecule has 0 unspecified atom stereocenters. The van der Waals surface area contributed by atoms with Crippen LogP contribution in [0.2, 0.25) is 5.02 Å². The van der Waals surface area contributed by atoms with Crippen LogP contribution < -0.4 is 4.72 Å². The molecule has 0 spiro atoms. The summed E-state index contributed by atoms with van der Waals surface area (Å²) < 4.78 is 26.2. The van der Waals surface area contributed by atoms with E-state index in [1.165, 1.54) is 12.3 Å². The lowest BCUT2D eigenvalue weighted by atomic mass is 10.2. The average Bonchev–Trinajstić information content (AvgIpc) is 2.28.